The van der Waals surface area contributed by atoms with Crippen LogP contribution in [0.3, 0.4) is 0 Å². The molecule has 0 fully saturated rings. The van der Waals surface area contributed by atoms with Crippen LogP contribution in [-0.2, 0) is 6.54 Å². The van der Waals surface area contributed by atoms with Crippen LogP contribution in [0.2, 0.25) is 0 Å². The smallest absolute Gasteiger partial charge is 0.0706 e. The van der Waals surface area contributed by atoms with E-state index in [9.17, 15) is 0 Å². The first kappa shape index (κ1) is 11.1. The van der Waals surface area contributed by atoms with Crippen molar-refractivity contribution in [1.29, 1.82) is 0 Å². The van der Waals surface area contributed by atoms with E-state index in [-0.39, 0.29) is 6.61 Å². The average molecular weight is 219 g/mol. The molecule has 86 valence electrons. The maximum Gasteiger partial charge on any atom is 0.0706 e. The molecule has 0 amide bonds. The van der Waals surface area contributed by atoms with Crippen molar-refractivity contribution in [3.63, 3.8) is 0 Å². The first-order chi connectivity index (χ1) is 7.92. The molecule has 0 saturated heterocycles. The fourth-order valence-electron chi connectivity index (χ4n) is 1.71. The van der Waals surface area contributed by atoms with Crippen molar-refractivity contribution in [3.8, 4) is 0 Å². The summed E-state index contributed by atoms with van der Waals surface area (Å²) >= 11 is 0. The van der Waals surface area contributed by atoms with E-state index in [1.807, 2.05) is 29.0 Å². The maximum absolute atomic E-state index is 8.65. The van der Waals surface area contributed by atoms with Crippen LogP contribution in [0.25, 0.3) is 5.52 Å². The summed E-state index contributed by atoms with van der Waals surface area (Å²) in [6.07, 6.45) is 5.72. The summed E-state index contributed by atoms with van der Waals surface area (Å²) in [7, 11) is 0. The normalized spacial score (nSPS) is 11.1. The Labute approximate surface area is 94.9 Å². The summed E-state index contributed by atoms with van der Waals surface area (Å²) in [4.78, 5) is 0. The monoisotopic (exact) mass is 219 g/mol. The number of hydrogen-bond acceptors (Lipinski definition) is 3. The second-order valence-electron chi connectivity index (χ2n) is 3.81. The number of fused-ring (bicyclic) bond motifs is 1. The molecule has 0 spiro atoms. The molecule has 0 aromatic carbocycles. The number of nitrogens with one attached hydrogen (secondary N) is 1. The van der Waals surface area contributed by atoms with Gasteiger partial charge in [-0.15, -0.1) is 0 Å². The first-order valence-corrected chi connectivity index (χ1v) is 5.64. The lowest BCUT2D eigenvalue weighted by molar-refractivity contribution is 0.283. The average Bonchev–Trinajstić information content (AvgIpc) is 2.73. The van der Waals surface area contributed by atoms with Gasteiger partial charge in [0.1, 0.15) is 0 Å². The fourth-order valence-corrected chi connectivity index (χ4v) is 1.71. The molecule has 2 heterocycles. The highest BCUT2D eigenvalue weighted by Crippen LogP contribution is 2.09. The van der Waals surface area contributed by atoms with Crippen molar-refractivity contribution in [2.45, 2.75) is 19.4 Å². The number of hydrogen-bond donors (Lipinski definition) is 2. The van der Waals surface area contributed by atoms with E-state index in [4.69, 9.17) is 5.11 Å². The van der Waals surface area contributed by atoms with Crippen LogP contribution in [0.4, 0.5) is 0 Å². The molecule has 0 saturated carbocycles. The topological polar surface area (TPSA) is 49.6 Å². The van der Waals surface area contributed by atoms with Gasteiger partial charge in [-0.05, 0) is 31.5 Å². The Hall–Kier alpha value is -1.39. The standard InChI is InChI=1S/C12H17N3O/c16-8-4-2-6-13-9-11-10-14-15-7-3-1-5-12(11)15/h1,3,5,7,10,13,16H,2,4,6,8-9H2. The van der Waals surface area contributed by atoms with E-state index >= 15 is 0 Å². The summed E-state index contributed by atoms with van der Waals surface area (Å²) in [6, 6.07) is 6.06. The van der Waals surface area contributed by atoms with Gasteiger partial charge in [-0.1, -0.05) is 6.07 Å². The molecule has 16 heavy (non-hydrogen) atoms. The Morgan fingerprint density at radius 1 is 1.31 bits per heavy atom. The van der Waals surface area contributed by atoms with Gasteiger partial charge in [0.25, 0.3) is 0 Å². The summed E-state index contributed by atoms with van der Waals surface area (Å²) < 4.78 is 1.88. The third-order valence-corrected chi connectivity index (χ3v) is 2.58. The molecular formula is C12H17N3O. The molecule has 2 N–H and O–H groups in total. The molecule has 4 heteroatoms. The van der Waals surface area contributed by atoms with E-state index < -0.39 is 0 Å². The zero-order valence-corrected chi connectivity index (χ0v) is 9.26. The Balaban J connectivity index is 1.89. The lowest BCUT2D eigenvalue weighted by Gasteiger charge is -2.02. The van der Waals surface area contributed by atoms with Crippen LogP contribution < -0.4 is 5.32 Å². The van der Waals surface area contributed by atoms with Gasteiger partial charge in [-0.3, -0.25) is 0 Å². The van der Waals surface area contributed by atoms with Gasteiger partial charge in [0.2, 0.25) is 0 Å². The molecule has 0 aliphatic rings. The minimum absolute atomic E-state index is 0.276. The predicted molar refractivity (Wildman–Crippen MR) is 63.2 cm³/mol. The second-order valence-corrected chi connectivity index (χ2v) is 3.81. The Morgan fingerprint density at radius 2 is 2.25 bits per heavy atom. The van der Waals surface area contributed by atoms with E-state index in [1.165, 1.54) is 5.56 Å². The lowest BCUT2D eigenvalue weighted by Crippen LogP contribution is -2.14. The summed E-state index contributed by atoms with van der Waals surface area (Å²) in [6.45, 7) is 2.04. The Bertz CT molecular complexity index is 439. The van der Waals surface area contributed by atoms with Gasteiger partial charge in [-0.25, -0.2) is 4.52 Å². The molecule has 0 radical (unpaired) electrons. The third-order valence-electron chi connectivity index (χ3n) is 2.58. The van der Waals surface area contributed by atoms with Gasteiger partial charge >= 0.3 is 0 Å². The summed E-state index contributed by atoms with van der Waals surface area (Å²) in [5, 5.41) is 16.3. The van der Waals surface area contributed by atoms with Crippen LogP contribution in [-0.4, -0.2) is 27.9 Å². The molecule has 0 aliphatic heterocycles. The summed E-state index contributed by atoms with van der Waals surface area (Å²) in [5.41, 5.74) is 2.36. The molecule has 0 aliphatic carbocycles. The minimum Gasteiger partial charge on any atom is -0.396 e. The molecule has 2 rings (SSSR count). The zero-order chi connectivity index (χ0) is 11.2. The van der Waals surface area contributed by atoms with E-state index in [0.29, 0.717) is 0 Å². The Kier molecular flexibility index (Phi) is 3.91. The number of aliphatic hydroxyl groups is 1. The van der Waals surface area contributed by atoms with Crippen molar-refractivity contribution in [2.75, 3.05) is 13.2 Å². The van der Waals surface area contributed by atoms with Crippen molar-refractivity contribution >= 4 is 5.52 Å². The number of nitrogens with zero attached hydrogens (tertiary/aromatic N) is 2. The number of aromatic nitrogens is 2. The molecule has 0 atom stereocenters. The van der Waals surface area contributed by atoms with Crippen molar-refractivity contribution in [2.24, 2.45) is 0 Å². The number of rotatable bonds is 6. The predicted octanol–water partition coefficient (Wildman–Crippen LogP) is 1.20. The zero-order valence-electron chi connectivity index (χ0n) is 9.26. The van der Waals surface area contributed by atoms with E-state index in [0.717, 1.165) is 31.4 Å². The van der Waals surface area contributed by atoms with Gasteiger partial charge in [0, 0.05) is 24.9 Å². The minimum atomic E-state index is 0.276. The highest BCUT2D eigenvalue weighted by Gasteiger charge is 2.01. The van der Waals surface area contributed by atoms with Crippen LogP contribution >= 0.6 is 0 Å². The lowest BCUT2D eigenvalue weighted by atomic mass is 10.2. The molecule has 4 nitrogen and oxygen atoms in total. The quantitative estimate of drug-likeness (QED) is 0.718. The van der Waals surface area contributed by atoms with Crippen LogP contribution in [0.5, 0.6) is 0 Å². The first-order valence-electron chi connectivity index (χ1n) is 5.64. The van der Waals surface area contributed by atoms with Crippen LogP contribution in [0.15, 0.2) is 30.6 Å². The van der Waals surface area contributed by atoms with Crippen LogP contribution in [0.1, 0.15) is 18.4 Å². The van der Waals surface area contributed by atoms with Crippen molar-refractivity contribution in [1.82, 2.24) is 14.9 Å². The molecule has 0 bridgehead atoms. The molecule has 2 aromatic rings. The number of pyridine rings is 1. The third kappa shape index (κ3) is 2.59. The number of unbranched alkanes of at least 4 members (excludes halogenated alkanes) is 1. The molecule has 2 aromatic heterocycles. The second kappa shape index (κ2) is 5.63. The SMILES string of the molecule is OCCCCNCc1cnn2ccccc12. The van der Waals surface area contributed by atoms with Gasteiger partial charge in [0.15, 0.2) is 0 Å². The highest BCUT2D eigenvalue weighted by atomic mass is 16.2. The van der Waals surface area contributed by atoms with Crippen LogP contribution in [0, 0.1) is 0 Å². The van der Waals surface area contributed by atoms with Gasteiger partial charge in [-0.2, -0.15) is 5.10 Å². The molecular weight excluding hydrogens is 202 g/mol. The van der Waals surface area contributed by atoms with E-state index in [2.05, 4.69) is 16.5 Å². The summed E-state index contributed by atoms with van der Waals surface area (Å²) in [5.74, 6) is 0. The fraction of sp³-hybridized carbons (Fsp3) is 0.417. The van der Waals surface area contributed by atoms with Gasteiger partial charge in [0.05, 0.1) is 11.7 Å². The van der Waals surface area contributed by atoms with Gasteiger partial charge < -0.3 is 10.4 Å². The molecule has 0 unspecified atom stereocenters. The highest BCUT2D eigenvalue weighted by molar-refractivity contribution is 5.53. The van der Waals surface area contributed by atoms with E-state index in [1.54, 1.807) is 0 Å². The largest absolute Gasteiger partial charge is 0.396 e. The number of aliphatic hydroxyl groups excluding tert-OH is 1. The maximum atomic E-state index is 8.65. The Morgan fingerprint density at radius 3 is 3.12 bits per heavy atom. The van der Waals surface area contributed by atoms with Crippen molar-refractivity contribution in [3.05, 3.63) is 36.2 Å². The van der Waals surface area contributed by atoms with Crippen molar-refractivity contribution < 1.29 is 5.11 Å².